The highest BCUT2D eigenvalue weighted by molar-refractivity contribution is 9.10. The third kappa shape index (κ3) is 4.50. The average molecular weight is 436 g/mol. The van der Waals surface area contributed by atoms with E-state index < -0.39 is 11.8 Å². The molecule has 0 aliphatic carbocycles. The van der Waals surface area contributed by atoms with Gasteiger partial charge in [0.2, 0.25) is 0 Å². The van der Waals surface area contributed by atoms with E-state index in [-0.39, 0.29) is 12.3 Å². The summed E-state index contributed by atoms with van der Waals surface area (Å²) in [7, 11) is 0. The fourth-order valence-electron chi connectivity index (χ4n) is 2.01. The van der Waals surface area contributed by atoms with E-state index in [2.05, 4.69) is 31.8 Å². The van der Waals surface area contributed by atoms with Crippen molar-refractivity contribution in [3.63, 3.8) is 0 Å². The van der Waals surface area contributed by atoms with Crippen molar-refractivity contribution < 1.29 is 18.7 Å². The molecule has 2 N–H and O–H groups in total. The van der Waals surface area contributed by atoms with Crippen LogP contribution in [0.15, 0.2) is 51.6 Å². The van der Waals surface area contributed by atoms with Crippen LogP contribution < -0.4 is 15.6 Å². The molecule has 134 valence electrons. The number of furan rings is 1. The van der Waals surface area contributed by atoms with Gasteiger partial charge in [0.15, 0.2) is 17.4 Å². The standard InChI is InChI=1S/C17H14BrN3O4S/c1-10-15(19-17(26-10)13-3-2-8-24-13)16(23)21-20-14(22)9-25-12-6-4-11(18)5-7-12/h2-8H,9H2,1H3,(H,20,22)(H,21,23). The number of carbonyl (C=O) groups is 2. The molecule has 9 heteroatoms. The number of aryl methyl sites for hydroxylation is 1. The lowest BCUT2D eigenvalue weighted by Crippen LogP contribution is -2.44. The molecule has 0 bridgehead atoms. The summed E-state index contributed by atoms with van der Waals surface area (Å²) in [5, 5.41) is 0.600. The molecule has 0 spiro atoms. The molecule has 0 aliphatic heterocycles. The predicted octanol–water partition coefficient (Wildman–Crippen LogP) is 3.31. The first kappa shape index (κ1) is 18.2. The number of carbonyl (C=O) groups excluding carboxylic acids is 2. The second-order valence-electron chi connectivity index (χ2n) is 5.15. The molecule has 0 aliphatic rings. The molecule has 0 unspecified atom stereocenters. The zero-order valence-corrected chi connectivity index (χ0v) is 16.0. The summed E-state index contributed by atoms with van der Waals surface area (Å²) in [6.45, 7) is 1.55. The fourth-order valence-corrected chi connectivity index (χ4v) is 3.16. The minimum Gasteiger partial charge on any atom is -0.484 e. The van der Waals surface area contributed by atoms with Crippen molar-refractivity contribution in [1.82, 2.24) is 15.8 Å². The van der Waals surface area contributed by atoms with E-state index in [1.54, 1.807) is 43.3 Å². The van der Waals surface area contributed by atoms with Crippen LogP contribution in [0.1, 0.15) is 15.4 Å². The number of hydrogen-bond acceptors (Lipinski definition) is 6. The summed E-state index contributed by atoms with van der Waals surface area (Å²) >= 11 is 4.65. The van der Waals surface area contributed by atoms with E-state index in [1.807, 2.05) is 0 Å². The first-order valence-corrected chi connectivity index (χ1v) is 9.13. The van der Waals surface area contributed by atoms with Crippen LogP contribution in [-0.2, 0) is 4.79 Å². The van der Waals surface area contributed by atoms with Crippen molar-refractivity contribution in [2.45, 2.75) is 6.92 Å². The van der Waals surface area contributed by atoms with Gasteiger partial charge in [0, 0.05) is 9.35 Å². The molecule has 3 aromatic rings. The molecule has 2 aromatic heterocycles. The maximum absolute atomic E-state index is 12.2. The lowest BCUT2D eigenvalue weighted by atomic mass is 10.3. The summed E-state index contributed by atoms with van der Waals surface area (Å²) < 4.78 is 11.5. The molecule has 0 saturated heterocycles. The van der Waals surface area contributed by atoms with Crippen molar-refractivity contribution >= 4 is 39.1 Å². The van der Waals surface area contributed by atoms with Gasteiger partial charge in [-0.2, -0.15) is 0 Å². The van der Waals surface area contributed by atoms with Crippen LogP contribution in [0.3, 0.4) is 0 Å². The lowest BCUT2D eigenvalue weighted by molar-refractivity contribution is -0.123. The van der Waals surface area contributed by atoms with Crippen LogP contribution in [0.4, 0.5) is 0 Å². The highest BCUT2D eigenvalue weighted by Crippen LogP contribution is 2.27. The number of nitrogens with zero attached hydrogens (tertiary/aromatic N) is 1. The molecule has 0 fully saturated rings. The minimum atomic E-state index is -0.506. The SMILES string of the molecule is Cc1sc(-c2ccco2)nc1C(=O)NNC(=O)COc1ccc(Br)cc1. The summed E-state index contributed by atoms with van der Waals surface area (Å²) in [5.74, 6) is 0.145. The first-order valence-electron chi connectivity index (χ1n) is 7.52. The highest BCUT2D eigenvalue weighted by Gasteiger charge is 2.18. The zero-order valence-electron chi connectivity index (χ0n) is 13.6. The topological polar surface area (TPSA) is 93.5 Å². The molecule has 2 heterocycles. The third-order valence-corrected chi connectivity index (χ3v) is 4.76. The summed E-state index contributed by atoms with van der Waals surface area (Å²) in [6, 6.07) is 10.6. The quantitative estimate of drug-likeness (QED) is 0.599. The number of hydrogen-bond donors (Lipinski definition) is 2. The Bertz CT molecular complexity index is 907. The third-order valence-electron chi connectivity index (χ3n) is 3.24. The van der Waals surface area contributed by atoms with Gasteiger partial charge in [0.1, 0.15) is 11.4 Å². The molecule has 0 radical (unpaired) electrons. The van der Waals surface area contributed by atoms with Gasteiger partial charge < -0.3 is 9.15 Å². The van der Waals surface area contributed by atoms with Crippen LogP contribution in [0, 0.1) is 6.92 Å². The van der Waals surface area contributed by atoms with Gasteiger partial charge in [-0.25, -0.2) is 4.98 Å². The number of thiazole rings is 1. The Morgan fingerprint density at radius 1 is 1.23 bits per heavy atom. The van der Waals surface area contributed by atoms with Gasteiger partial charge in [-0.05, 0) is 43.3 Å². The van der Waals surface area contributed by atoms with Crippen LogP contribution in [0.25, 0.3) is 10.8 Å². The van der Waals surface area contributed by atoms with Gasteiger partial charge >= 0.3 is 0 Å². The molecule has 2 amide bonds. The number of nitrogens with one attached hydrogen (secondary N) is 2. The Morgan fingerprint density at radius 3 is 2.69 bits per heavy atom. The van der Waals surface area contributed by atoms with E-state index in [9.17, 15) is 9.59 Å². The number of hydrazine groups is 1. The number of benzene rings is 1. The Hall–Kier alpha value is -2.65. The largest absolute Gasteiger partial charge is 0.484 e. The Kier molecular flexibility index (Phi) is 5.69. The minimum absolute atomic E-state index is 0.227. The van der Waals surface area contributed by atoms with Crippen molar-refractivity contribution in [1.29, 1.82) is 0 Å². The van der Waals surface area contributed by atoms with Crippen molar-refractivity contribution in [2.24, 2.45) is 0 Å². The lowest BCUT2D eigenvalue weighted by Gasteiger charge is -2.08. The number of aromatic nitrogens is 1. The van der Waals surface area contributed by atoms with Gasteiger partial charge in [0.25, 0.3) is 11.8 Å². The number of halogens is 1. The van der Waals surface area contributed by atoms with Crippen LogP contribution in [0.2, 0.25) is 0 Å². The van der Waals surface area contributed by atoms with Crippen LogP contribution in [-0.4, -0.2) is 23.4 Å². The van der Waals surface area contributed by atoms with Gasteiger partial charge in [0.05, 0.1) is 6.26 Å². The van der Waals surface area contributed by atoms with Crippen molar-refractivity contribution in [2.75, 3.05) is 6.61 Å². The molecule has 3 rings (SSSR count). The van der Waals surface area contributed by atoms with Crippen molar-refractivity contribution in [3.8, 4) is 16.5 Å². The van der Waals surface area contributed by atoms with Crippen LogP contribution in [0.5, 0.6) is 5.75 Å². The first-order chi connectivity index (χ1) is 12.5. The average Bonchev–Trinajstić information content (AvgIpc) is 3.28. The fraction of sp³-hybridized carbons (Fsp3) is 0.118. The highest BCUT2D eigenvalue weighted by atomic mass is 79.9. The summed E-state index contributed by atoms with van der Waals surface area (Å²) in [6.07, 6.45) is 1.54. The van der Waals surface area contributed by atoms with E-state index >= 15 is 0 Å². The van der Waals surface area contributed by atoms with Gasteiger partial charge in [-0.15, -0.1) is 11.3 Å². The van der Waals surface area contributed by atoms with Crippen LogP contribution >= 0.6 is 27.3 Å². The monoisotopic (exact) mass is 435 g/mol. The smallest absolute Gasteiger partial charge is 0.289 e. The van der Waals surface area contributed by atoms with Gasteiger partial charge in [-0.3, -0.25) is 20.4 Å². The Labute approximate surface area is 161 Å². The molecule has 0 atom stereocenters. The zero-order chi connectivity index (χ0) is 18.5. The number of amides is 2. The maximum Gasteiger partial charge on any atom is 0.289 e. The maximum atomic E-state index is 12.2. The number of rotatable bonds is 5. The van der Waals surface area contributed by atoms with Gasteiger partial charge in [-0.1, -0.05) is 15.9 Å². The normalized spacial score (nSPS) is 10.4. The molecule has 1 aromatic carbocycles. The van der Waals surface area contributed by atoms with E-state index in [1.165, 1.54) is 17.6 Å². The van der Waals surface area contributed by atoms with E-state index in [0.29, 0.717) is 21.4 Å². The van der Waals surface area contributed by atoms with E-state index in [4.69, 9.17) is 9.15 Å². The molecular weight excluding hydrogens is 422 g/mol. The second kappa shape index (κ2) is 8.15. The Morgan fingerprint density at radius 2 is 2.00 bits per heavy atom. The van der Waals surface area contributed by atoms with E-state index in [0.717, 1.165) is 4.47 Å². The second-order valence-corrected chi connectivity index (χ2v) is 7.26. The summed E-state index contributed by atoms with van der Waals surface area (Å²) in [4.78, 5) is 29.0. The summed E-state index contributed by atoms with van der Waals surface area (Å²) in [5.41, 5.74) is 4.87. The molecule has 7 nitrogen and oxygen atoms in total. The predicted molar refractivity (Wildman–Crippen MR) is 99.8 cm³/mol. The number of ether oxygens (including phenoxy) is 1. The Balaban J connectivity index is 1.52. The molecule has 0 saturated carbocycles. The molecular formula is C17H14BrN3O4S. The van der Waals surface area contributed by atoms with Crippen molar-refractivity contribution in [3.05, 3.63) is 57.7 Å². The molecule has 26 heavy (non-hydrogen) atoms.